The first-order valence-electron chi connectivity index (χ1n) is 14.9. The summed E-state index contributed by atoms with van der Waals surface area (Å²) in [5.74, 6) is 6.60. The summed E-state index contributed by atoms with van der Waals surface area (Å²) in [4.78, 5) is 2.15. The van der Waals surface area contributed by atoms with Crippen LogP contribution in [0.1, 0.15) is 49.3 Å². The SMILES string of the molecule is C#C.C1CCOC1.CCN(Cc1ccc(OCCN(C)N)c(F)c1)c1cccc(OC)c1.Oc1ccc2c(c1)CCCC2. The molecule has 0 aromatic heterocycles. The molecule has 1 fully saturated rings. The molecule has 3 aromatic carbocycles. The number of aryl methyl sites for hydroxylation is 2. The van der Waals surface area contributed by atoms with Gasteiger partial charge in [-0.15, -0.1) is 12.8 Å². The Balaban J connectivity index is 0.000000290. The number of hydrogen-bond donors (Lipinski definition) is 2. The molecule has 0 saturated carbocycles. The molecule has 3 N–H and O–H groups in total. The maximum absolute atomic E-state index is 14.2. The van der Waals surface area contributed by atoms with Crippen LogP contribution in [-0.2, 0) is 24.1 Å². The number of terminal acetylenes is 1. The van der Waals surface area contributed by atoms with E-state index < -0.39 is 0 Å². The zero-order valence-electron chi connectivity index (χ0n) is 25.9. The Kier molecular flexibility index (Phi) is 16.6. The van der Waals surface area contributed by atoms with E-state index in [9.17, 15) is 9.50 Å². The van der Waals surface area contributed by atoms with Gasteiger partial charge >= 0.3 is 0 Å². The van der Waals surface area contributed by atoms with Crippen molar-refractivity contribution in [3.8, 4) is 30.1 Å². The van der Waals surface area contributed by atoms with Crippen LogP contribution in [0.25, 0.3) is 0 Å². The number of halogens is 1. The first kappa shape index (κ1) is 35.4. The number of hydrogen-bond acceptors (Lipinski definition) is 7. The summed E-state index contributed by atoms with van der Waals surface area (Å²) < 4.78 is 29.9. The molecule has 0 spiro atoms. The number of benzene rings is 3. The van der Waals surface area contributed by atoms with Crippen LogP contribution in [-0.4, -0.2) is 57.2 Å². The standard InChI is InChI=1S/C19H26FN3O2.C10H12O.C4H8O.C2H2/c1-4-23(16-6-5-7-17(13-16)24-3)14-15-8-9-19(18(20)12-15)25-11-10-22(2)21;11-10-6-5-8-3-1-2-4-9(8)7-10;1-2-4-5-3-1;1-2/h5-9,12-13H,4,10-11,14,21H2,1-3H3;5-7,11H,1-4H2;1-4H2;1-2H. The average Bonchev–Trinajstić information content (AvgIpc) is 3.63. The summed E-state index contributed by atoms with van der Waals surface area (Å²) in [6, 6.07) is 18.6. The van der Waals surface area contributed by atoms with Gasteiger partial charge in [-0.3, -0.25) is 5.84 Å². The van der Waals surface area contributed by atoms with E-state index in [4.69, 9.17) is 20.1 Å². The second kappa shape index (κ2) is 20.2. The second-order valence-electron chi connectivity index (χ2n) is 10.3. The van der Waals surface area contributed by atoms with Crippen LogP contribution in [0.15, 0.2) is 60.7 Å². The molecule has 0 amide bonds. The van der Waals surface area contributed by atoms with Gasteiger partial charge in [-0.05, 0) is 98.5 Å². The number of nitrogens with zero attached hydrogens (tertiary/aromatic N) is 2. The van der Waals surface area contributed by atoms with Crippen LogP contribution in [0.5, 0.6) is 17.2 Å². The predicted octanol–water partition coefficient (Wildman–Crippen LogP) is 6.36. The van der Waals surface area contributed by atoms with Gasteiger partial charge in [0, 0.05) is 51.6 Å². The van der Waals surface area contributed by atoms with Crippen molar-refractivity contribution in [3.05, 3.63) is 83.2 Å². The molecule has 234 valence electrons. The summed E-state index contributed by atoms with van der Waals surface area (Å²) in [7, 11) is 3.38. The van der Waals surface area contributed by atoms with E-state index >= 15 is 0 Å². The van der Waals surface area contributed by atoms with Crippen LogP contribution < -0.4 is 20.2 Å². The van der Waals surface area contributed by atoms with Crippen LogP contribution >= 0.6 is 0 Å². The van der Waals surface area contributed by atoms with Crippen molar-refractivity contribution in [2.45, 2.75) is 52.0 Å². The largest absolute Gasteiger partial charge is 0.508 e. The minimum atomic E-state index is -0.362. The van der Waals surface area contributed by atoms with E-state index in [0.29, 0.717) is 25.4 Å². The van der Waals surface area contributed by atoms with Crippen molar-refractivity contribution in [1.82, 2.24) is 5.01 Å². The smallest absolute Gasteiger partial charge is 0.165 e. The van der Waals surface area contributed by atoms with Crippen molar-refractivity contribution in [1.29, 1.82) is 0 Å². The summed E-state index contributed by atoms with van der Waals surface area (Å²) in [6.07, 6.45) is 15.5. The highest BCUT2D eigenvalue weighted by molar-refractivity contribution is 5.51. The highest BCUT2D eigenvalue weighted by atomic mass is 19.1. The Labute approximate surface area is 257 Å². The first-order chi connectivity index (χ1) is 20.9. The number of hydrazine groups is 1. The van der Waals surface area contributed by atoms with Gasteiger partial charge in [0.2, 0.25) is 0 Å². The lowest BCUT2D eigenvalue weighted by Crippen LogP contribution is -2.30. The lowest BCUT2D eigenvalue weighted by Gasteiger charge is -2.24. The highest BCUT2D eigenvalue weighted by Crippen LogP contribution is 2.25. The predicted molar refractivity (Wildman–Crippen MR) is 173 cm³/mol. The van der Waals surface area contributed by atoms with Crippen LogP contribution in [0.4, 0.5) is 10.1 Å². The molecule has 1 aliphatic carbocycles. The normalized spacial score (nSPS) is 13.2. The Bertz CT molecular complexity index is 1220. The summed E-state index contributed by atoms with van der Waals surface area (Å²) in [6.45, 7) is 6.34. The molecule has 0 atom stereocenters. The molecular formula is C35H48FN3O4. The molecule has 1 heterocycles. The Hall–Kier alpha value is -3.77. The van der Waals surface area contributed by atoms with Gasteiger partial charge in [0.15, 0.2) is 11.6 Å². The van der Waals surface area contributed by atoms with Gasteiger partial charge in [-0.2, -0.15) is 0 Å². The van der Waals surface area contributed by atoms with Gasteiger partial charge in [0.1, 0.15) is 18.1 Å². The van der Waals surface area contributed by atoms with E-state index in [-0.39, 0.29) is 11.6 Å². The minimum Gasteiger partial charge on any atom is -0.508 e. The van der Waals surface area contributed by atoms with Crippen molar-refractivity contribution >= 4 is 5.69 Å². The van der Waals surface area contributed by atoms with Crippen molar-refractivity contribution in [3.63, 3.8) is 0 Å². The lowest BCUT2D eigenvalue weighted by molar-refractivity contribution is 0.198. The molecule has 1 saturated heterocycles. The van der Waals surface area contributed by atoms with Gasteiger partial charge in [-0.1, -0.05) is 18.2 Å². The topological polar surface area (TPSA) is 80.4 Å². The fourth-order valence-corrected chi connectivity index (χ4v) is 4.70. The van der Waals surface area contributed by atoms with Crippen molar-refractivity contribution in [2.75, 3.05) is 52.0 Å². The van der Waals surface area contributed by atoms with E-state index in [2.05, 4.69) is 24.7 Å². The third-order valence-corrected chi connectivity index (χ3v) is 7.03. The maximum Gasteiger partial charge on any atom is 0.165 e. The molecule has 1 aliphatic heterocycles. The van der Waals surface area contributed by atoms with Crippen LogP contribution in [0.2, 0.25) is 0 Å². The number of likely N-dealkylation sites (N-methyl/N-ethyl adjacent to an activating group) is 1. The molecule has 7 nitrogen and oxygen atoms in total. The number of nitrogens with two attached hydrogens (primary N) is 1. The Morgan fingerprint density at radius 3 is 2.28 bits per heavy atom. The number of ether oxygens (including phenoxy) is 3. The minimum absolute atomic E-state index is 0.245. The van der Waals surface area contributed by atoms with E-state index in [0.717, 1.165) is 43.2 Å². The number of phenols is 1. The Morgan fingerprint density at radius 1 is 0.953 bits per heavy atom. The average molecular weight is 594 g/mol. The molecular weight excluding hydrogens is 545 g/mol. The first-order valence-corrected chi connectivity index (χ1v) is 14.9. The third-order valence-electron chi connectivity index (χ3n) is 7.03. The van der Waals surface area contributed by atoms with Crippen LogP contribution in [0, 0.1) is 18.7 Å². The molecule has 43 heavy (non-hydrogen) atoms. The number of anilines is 1. The number of methoxy groups -OCH3 is 1. The fourth-order valence-electron chi connectivity index (χ4n) is 4.70. The molecule has 0 bridgehead atoms. The van der Waals surface area contributed by atoms with Crippen LogP contribution in [0.3, 0.4) is 0 Å². The number of fused-ring (bicyclic) bond motifs is 1. The molecule has 3 aromatic rings. The Morgan fingerprint density at radius 2 is 1.67 bits per heavy atom. The summed E-state index contributed by atoms with van der Waals surface area (Å²) >= 11 is 0. The molecule has 8 heteroatoms. The van der Waals surface area contributed by atoms with E-state index in [1.54, 1.807) is 26.3 Å². The van der Waals surface area contributed by atoms with Crippen molar-refractivity contribution < 1.29 is 23.7 Å². The maximum atomic E-state index is 14.2. The summed E-state index contributed by atoms with van der Waals surface area (Å²) in [5.41, 5.74) is 4.68. The number of aromatic hydroxyl groups is 1. The molecule has 0 unspecified atom stereocenters. The molecule has 2 aliphatic rings. The molecule has 0 radical (unpaired) electrons. The second-order valence-corrected chi connectivity index (χ2v) is 10.3. The number of rotatable bonds is 9. The van der Waals surface area contributed by atoms with Crippen molar-refractivity contribution in [2.24, 2.45) is 5.84 Å². The van der Waals surface area contributed by atoms with E-state index in [1.807, 2.05) is 42.5 Å². The fraction of sp³-hybridized carbons (Fsp3) is 0.429. The summed E-state index contributed by atoms with van der Waals surface area (Å²) in [5, 5.41) is 10.7. The third kappa shape index (κ3) is 13.0. The zero-order valence-corrected chi connectivity index (χ0v) is 25.9. The molecule has 5 rings (SSSR count). The quantitative estimate of drug-likeness (QED) is 0.170. The highest BCUT2D eigenvalue weighted by Gasteiger charge is 2.11. The van der Waals surface area contributed by atoms with Gasteiger partial charge in [0.25, 0.3) is 0 Å². The van der Waals surface area contributed by atoms with Gasteiger partial charge in [0.05, 0.1) is 7.11 Å². The monoisotopic (exact) mass is 593 g/mol. The number of phenolic OH excluding ortho intramolecular Hbond substituents is 1. The van der Waals surface area contributed by atoms with E-state index in [1.165, 1.54) is 54.3 Å². The lowest BCUT2D eigenvalue weighted by atomic mass is 9.92. The van der Waals surface area contributed by atoms with Gasteiger partial charge < -0.3 is 24.2 Å². The van der Waals surface area contributed by atoms with Gasteiger partial charge in [-0.25, -0.2) is 9.40 Å². The zero-order chi connectivity index (χ0) is 31.5.